The highest BCUT2D eigenvalue weighted by atomic mass is 16.5. The lowest BCUT2D eigenvalue weighted by atomic mass is 10.1. The Labute approximate surface area is 171 Å². The Balaban J connectivity index is 1.56. The van der Waals surface area contributed by atoms with E-state index in [0.29, 0.717) is 36.0 Å². The summed E-state index contributed by atoms with van der Waals surface area (Å²) in [6.07, 6.45) is 12.7. The van der Waals surface area contributed by atoms with E-state index < -0.39 is 0 Å². The van der Waals surface area contributed by atoms with Crippen molar-refractivity contribution < 1.29 is 9.53 Å². The third-order valence-electron chi connectivity index (χ3n) is 5.26. The minimum Gasteiger partial charge on any atom is -0.488 e. The lowest BCUT2D eigenvalue weighted by Crippen LogP contribution is -2.36. The van der Waals surface area contributed by atoms with Gasteiger partial charge in [0.2, 0.25) is 0 Å². The van der Waals surface area contributed by atoms with E-state index in [4.69, 9.17) is 10.5 Å². The van der Waals surface area contributed by atoms with Crippen LogP contribution in [0.4, 0.5) is 5.82 Å². The van der Waals surface area contributed by atoms with Gasteiger partial charge in [-0.05, 0) is 44.4 Å². The first-order valence-corrected chi connectivity index (χ1v) is 10.0. The Hall–Kier alpha value is -3.22. The summed E-state index contributed by atoms with van der Waals surface area (Å²) < 4.78 is 5.84. The Morgan fingerprint density at radius 2 is 2.07 bits per heavy atom. The van der Waals surface area contributed by atoms with Crippen LogP contribution < -0.4 is 15.4 Å². The molecule has 7 heteroatoms. The average Bonchev–Trinajstić information content (AvgIpc) is 2.74. The summed E-state index contributed by atoms with van der Waals surface area (Å²) >= 11 is 0. The van der Waals surface area contributed by atoms with Gasteiger partial charge in [0.05, 0.1) is 12.1 Å². The van der Waals surface area contributed by atoms with Gasteiger partial charge in [0, 0.05) is 48.8 Å². The van der Waals surface area contributed by atoms with Gasteiger partial charge in [-0.15, -0.1) is 0 Å². The summed E-state index contributed by atoms with van der Waals surface area (Å²) in [6.45, 7) is 8.78. The molecule has 0 atom stereocenters. The first kappa shape index (κ1) is 19.1. The number of hydrogen-bond donors (Lipinski definition) is 1. The second-order valence-electron chi connectivity index (χ2n) is 7.56. The van der Waals surface area contributed by atoms with Gasteiger partial charge in [-0.25, -0.2) is 4.98 Å². The van der Waals surface area contributed by atoms with Crippen LogP contribution in [0.15, 0.2) is 60.5 Å². The Morgan fingerprint density at radius 3 is 2.79 bits per heavy atom. The van der Waals surface area contributed by atoms with E-state index in [2.05, 4.69) is 16.5 Å². The van der Waals surface area contributed by atoms with Crippen LogP contribution in [-0.4, -0.2) is 46.9 Å². The fourth-order valence-corrected chi connectivity index (χ4v) is 3.81. The molecule has 1 aromatic rings. The molecule has 29 heavy (non-hydrogen) atoms. The van der Waals surface area contributed by atoms with Gasteiger partial charge >= 0.3 is 0 Å². The molecule has 0 radical (unpaired) electrons. The van der Waals surface area contributed by atoms with Crippen molar-refractivity contribution in [1.82, 2.24) is 14.8 Å². The zero-order chi connectivity index (χ0) is 20.4. The number of nitrogens with zero attached hydrogens (tertiary/aromatic N) is 4. The van der Waals surface area contributed by atoms with E-state index in [9.17, 15) is 4.79 Å². The van der Waals surface area contributed by atoms with Gasteiger partial charge in [0.15, 0.2) is 11.6 Å². The number of rotatable bonds is 3. The number of ether oxygens (including phenoxy) is 1. The molecule has 7 nitrogen and oxygen atoms in total. The Bertz CT molecular complexity index is 908. The molecule has 4 rings (SSSR count). The van der Waals surface area contributed by atoms with Gasteiger partial charge in [0.25, 0.3) is 5.91 Å². The third-order valence-corrected chi connectivity index (χ3v) is 5.26. The van der Waals surface area contributed by atoms with E-state index in [0.717, 1.165) is 37.3 Å². The number of pyridine rings is 1. The smallest absolute Gasteiger partial charge is 0.255 e. The van der Waals surface area contributed by atoms with Crippen molar-refractivity contribution in [3.05, 3.63) is 66.0 Å². The monoisotopic (exact) mass is 393 g/mol. The van der Waals surface area contributed by atoms with Gasteiger partial charge in [-0.1, -0.05) is 6.58 Å². The van der Waals surface area contributed by atoms with E-state index in [1.165, 1.54) is 6.42 Å². The van der Waals surface area contributed by atoms with E-state index >= 15 is 0 Å². The first-order chi connectivity index (χ1) is 14.0. The number of hydrogen-bond acceptors (Lipinski definition) is 6. The molecule has 0 bridgehead atoms. The summed E-state index contributed by atoms with van der Waals surface area (Å²) in [7, 11) is 0. The lowest BCUT2D eigenvalue weighted by molar-refractivity contribution is 0.0723. The number of carbonyl (C=O) groups excluding carboxylic acids is 1. The maximum atomic E-state index is 12.8. The molecule has 1 fully saturated rings. The largest absolute Gasteiger partial charge is 0.488 e. The molecule has 0 spiro atoms. The van der Waals surface area contributed by atoms with Crippen molar-refractivity contribution in [2.24, 2.45) is 5.73 Å². The number of likely N-dealkylation sites (tertiary alicyclic amines) is 1. The molecule has 152 valence electrons. The quantitative estimate of drug-likeness (QED) is 0.851. The fourth-order valence-electron chi connectivity index (χ4n) is 3.81. The van der Waals surface area contributed by atoms with Crippen LogP contribution >= 0.6 is 0 Å². The van der Waals surface area contributed by atoms with Crippen LogP contribution in [0.1, 0.15) is 36.5 Å². The van der Waals surface area contributed by atoms with Crippen LogP contribution in [-0.2, 0) is 0 Å². The standard InChI is InChI=1S/C22H27N5O2/c1-16(23)15-26-9-6-19(12-17(26)2)27-10-11-29-20-13-18(14-24-21(20)27)22(28)25-7-4-3-5-8-25/h6,9,12-15H,2-5,7-8,10-11,23H2,1H3/b16-15-. The van der Waals surface area contributed by atoms with Gasteiger partial charge in [0.1, 0.15) is 6.61 Å². The van der Waals surface area contributed by atoms with E-state index in [-0.39, 0.29) is 5.91 Å². The molecule has 0 aromatic carbocycles. The molecule has 1 saturated heterocycles. The van der Waals surface area contributed by atoms with Gasteiger partial charge in [-0.3, -0.25) is 4.79 Å². The van der Waals surface area contributed by atoms with Crippen molar-refractivity contribution in [3.63, 3.8) is 0 Å². The van der Waals surface area contributed by atoms with E-state index in [1.54, 1.807) is 6.20 Å². The SMILES string of the molecule is C=C1C=C(N2CCOc3cc(C(=O)N4CCCCC4)cnc32)C=CN1/C=C(/C)N. The second kappa shape index (κ2) is 8.03. The summed E-state index contributed by atoms with van der Waals surface area (Å²) in [6, 6.07) is 1.82. The molecular weight excluding hydrogens is 366 g/mol. The average molecular weight is 393 g/mol. The Morgan fingerprint density at radius 1 is 1.28 bits per heavy atom. The summed E-state index contributed by atoms with van der Waals surface area (Å²) in [5, 5.41) is 0. The molecule has 0 saturated carbocycles. The van der Waals surface area contributed by atoms with E-state index in [1.807, 2.05) is 47.3 Å². The molecule has 1 amide bonds. The molecule has 0 unspecified atom stereocenters. The molecule has 2 N–H and O–H groups in total. The highest BCUT2D eigenvalue weighted by molar-refractivity contribution is 5.95. The number of fused-ring (bicyclic) bond motifs is 1. The topological polar surface area (TPSA) is 74.9 Å². The van der Waals surface area contributed by atoms with Crippen molar-refractivity contribution in [2.75, 3.05) is 31.1 Å². The number of carbonyl (C=O) groups is 1. The highest BCUT2D eigenvalue weighted by Crippen LogP contribution is 2.34. The molecular formula is C22H27N5O2. The van der Waals surface area contributed by atoms with Crippen LogP contribution in [0.5, 0.6) is 5.75 Å². The first-order valence-electron chi connectivity index (χ1n) is 10.0. The van der Waals surface area contributed by atoms with Crippen molar-refractivity contribution >= 4 is 11.7 Å². The highest BCUT2D eigenvalue weighted by Gasteiger charge is 2.26. The second-order valence-corrected chi connectivity index (χ2v) is 7.56. The predicted molar refractivity (Wildman–Crippen MR) is 113 cm³/mol. The normalized spacial score (nSPS) is 19.6. The molecule has 0 aliphatic carbocycles. The number of nitrogens with two attached hydrogens (primary N) is 1. The van der Waals surface area contributed by atoms with Crippen molar-refractivity contribution in [3.8, 4) is 5.75 Å². The van der Waals surface area contributed by atoms with Crippen molar-refractivity contribution in [2.45, 2.75) is 26.2 Å². The number of piperidine rings is 1. The van der Waals surface area contributed by atoms with Crippen LogP contribution in [0.3, 0.4) is 0 Å². The van der Waals surface area contributed by atoms with Crippen LogP contribution in [0.25, 0.3) is 0 Å². The maximum Gasteiger partial charge on any atom is 0.255 e. The van der Waals surface area contributed by atoms with Crippen LogP contribution in [0, 0.1) is 0 Å². The van der Waals surface area contributed by atoms with Crippen molar-refractivity contribution in [1.29, 1.82) is 0 Å². The predicted octanol–water partition coefficient (Wildman–Crippen LogP) is 2.95. The molecule has 1 aromatic heterocycles. The van der Waals surface area contributed by atoms with Gasteiger partial charge in [-0.2, -0.15) is 0 Å². The number of amides is 1. The van der Waals surface area contributed by atoms with Crippen LogP contribution in [0.2, 0.25) is 0 Å². The molecule has 4 heterocycles. The summed E-state index contributed by atoms with van der Waals surface area (Å²) in [4.78, 5) is 23.3. The molecule has 3 aliphatic heterocycles. The summed E-state index contributed by atoms with van der Waals surface area (Å²) in [5.41, 5.74) is 8.85. The number of aromatic nitrogens is 1. The number of anilines is 1. The zero-order valence-electron chi connectivity index (χ0n) is 16.8. The Kier molecular flexibility index (Phi) is 5.29. The third kappa shape index (κ3) is 3.99. The lowest BCUT2D eigenvalue weighted by Gasteiger charge is -2.33. The minimum atomic E-state index is 0.0328. The minimum absolute atomic E-state index is 0.0328. The molecule has 3 aliphatic rings. The summed E-state index contributed by atoms with van der Waals surface area (Å²) in [5.74, 6) is 1.39. The maximum absolute atomic E-state index is 12.8. The number of allylic oxidation sites excluding steroid dienone is 3. The van der Waals surface area contributed by atoms with Gasteiger partial charge < -0.3 is 25.2 Å². The zero-order valence-corrected chi connectivity index (χ0v) is 16.8. The fraction of sp³-hybridized carbons (Fsp3) is 0.364.